The molecule has 1 saturated carbocycles. The number of carbonyl (C=O) groups excluding carboxylic acids is 3. The fraction of sp³-hybridized carbons (Fsp3) is 0.304. The highest BCUT2D eigenvalue weighted by Gasteiger charge is 2.35. The van der Waals surface area contributed by atoms with Gasteiger partial charge in [0.05, 0.1) is 24.7 Å². The van der Waals surface area contributed by atoms with Gasteiger partial charge in [0.15, 0.2) is 5.76 Å². The minimum Gasteiger partial charge on any atom is -0.459 e. The summed E-state index contributed by atoms with van der Waals surface area (Å²) in [5.41, 5.74) is 0.477. The summed E-state index contributed by atoms with van der Waals surface area (Å²) >= 11 is 1.40. The average molecular weight is 453 g/mol. The number of hydrogen-bond acceptors (Lipinski definition) is 6. The molecule has 0 radical (unpaired) electrons. The first-order valence-electron chi connectivity index (χ1n) is 10.5. The van der Waals surface area contributed by atoms with E-state index in [2.05, 4.69) is 15.6 Å². The van der Waals surface area contributed by atoms with Crippen molar-refractivity contribution in [1.82, 2.24) is 15.6 Å². The lowest BCUT2D eigenvalue weighted by atomic mass is 10.1. The molecule has 0 spiro atoms. The molecule has 32 heavy (non-hydrogen) atoms. The summed E-state index contributed by atoms with van der Waals surface area (Å²) < 4.78 is 5.08. The number of furan rings is 1. The molecule has 0 bridgehead atoms. The van der Waals surface area contributed by atoms with Crippen molar-refractivity contribution in [3.8, 4) is 0 Å². The molecule has 0 unspecified atom stereocenters. The number of thiophene rings is 1. The summed E-state index contributed by atoms with van der Waals surface area (Å²) in [5.74, 6) is -1.07. The Labute approximate surface area is 189 Å². The number of carbonyl (C=O) groups is 3. The molecule has 0 aromatic carbocycles. The standard InChI is InChI=1S/C23H24N4O4S/c28-20(15-25-22(29)18-9-4-12-31-18)27(17-8-3-11-24-14-17)21(19-10-5-13-32-19)23(30)26-16-6-1-2-7-16/h3-5,8-14,16,21H,1-2,6-7,15H2,(H,25,29)(H,26,30)/t21-/m0/s1. The molecular weight excluding hydrogens is 428 g/mol. The van der Waals surface area contributed by atoms with E-state index in [-0.39, 0.29) is 24.3 Å². The average Bonchev–Trinajstić information content (AvgIpc) is 3.59. The second kappa shape index (κ2) is 10.2. The van der Waals surface area contributed by atoms with Crippen molar-refractivity contribution in [3.63, 3.8) is 0 Å². The smallest absolute Gasteiger partial charge is 0.287 e. The molecule has 9 heteroatoms. The number of nitrogens with zero attached hydrogens (tertiary/aromatic N) is 2. The van der Waals surface area contributed by atoms with Gasteiger partial charge in [0.1, 0.15) is 6.04 Å². The van der Waals surface area contributed by atoms with Gasteiger partial charge in [0.25, 0.3) is 5.91 Å². The largest absolute Gasteiger partial charge is 0.459 e. The van der Waals surface area contributed by atoms with Crippen molar-refractivity contribution >= 4 is 34.7 Å². The Bertz CT molecular complexity index is 1030. The first-order valence-corrected chi connectivity index (χ1v) is 11.4. The van der Waals surface area contributed by atoms with Crippen LogP contribution < -0.4 is 15.5 Å². The van der Waals surface area contributed by atoms with Crippen LogP contribution in [0.1, 0.15) is 47.2 Å². The van der Waals surface area contributed by atoms with Crippen LogP contribution in [-0.2, 0) is 9.59 Å². The molecule has 0 saturated heterocycles. The first kappa shape index (κ1) is 21.8. The van der Waals surface area contributed by atoms with Crippen LogP contribution >= 0.6 is 11.3 Å². The quantitative estimate of drug-likeness (QED) is 0.546. The predicted octanol–water partition coefficient (Wildman–Crippen LogP) is 3.30. The highest BCUT2D eigenvalue weighted by atomic mass is 32.1. The monoisotopic (exact) mass is 452 g/mol. The maximum atomic E-state index is 13.4. The molecule has 2 N–H and O–H groups in total. The van der Waals surface area contributed by atoms with Gasteiger partial charge in [-0.1, -0.05) is 18.9 Å². The van der Waals surface area contributed by atoms with Crippen LogP contribution in [-0.4, -0.2) is 35.3 Å². The van der Waals surface area contributed by atoms with E-state index in [1.807, 2.05) is 17.5 Å². The van der Waals surface area contributed by atoms with Crippen molar-refractivity contribution in [2.45, 2.75) is 37.8 Å². The van der Waals surface area contributed by atoms with Gasteiger partial charge in [-0.25, -0.2) is 0 Å². The lowest BCUT2D eigenvalue weighted by Crippen LogP contribution is -2.49. The van der Waals surface area contributed by atoms with Gasteiger partial charge in [0, 0.05) is 17.1 Å². The molecule has 1 atom stereocenters. The Balaban J connectivity index is 1.61. The van der Waals surface area contributed by atoms with Gasteiger partial charge in [-0.3, -0.25) is 24.3 Å². The maximum absolute atomic E-state index is 13.4. The Kier molecular flexibility index (Phi) is 6.96. The molecule has 3 heterocycles. The number of pyridine rings is 1. The van der Waals surface area contributed by atoms with Gasteiger partial charge >= 0.3 is 0 Å². The molecular formula is C23H24N4O4S. The van der Waals surface area contributed by atoms with Crippen molar-refractivity contribution in [2.24, 2.45) is 0 Å². The van der Waals surface area contributed by atoms with Crippen LogP contribution in [0.3, 0.4) is 0 Å². The topological polar surface area (TPSA) is 105 Å². The maximum Gasteiger partial charge on any atom is 0.287 e. The van der Waals surface area contributed by atoms with Gasteiger partial charge in [-0.15, -0.1) is 11.3 Å². The molecule has 3 aromatic rings. The van der Waals surface area contributed by atoms with Gasteiger partial charge in [-0.05, 0) is 48.6 Å². The second-order valence-electron chi connectivity index (χ2n) is 7.54. The zero-order valence-electron chi connectivity index (χ0n) is 17.4. The van der Waals surface area contributed by atoms with E-state index in [0.29, 0.717) is 5.69 Å². The summed E-state index contributed by atoms with van der Waals surface area (Å²) in [6, 6.07) is 9.46. The number of hydrogen-bond donors (Lipinski definition) is 2. The summed E-state index contributed by atoms with van der Waals surface area (Å²) in [6.45, 7) is -0.299. The van der Waals surface area contributed by atoms with Crippen LogP contribution in [0.15, 0.2) is 64.9 Å². The normalized spacial score (nSPS) is 14.6. The Hall–Kier alpha value is -3.46. The van der Waals surface area contributed by atoms with E-state index in [1.165, 1.54) is 34.8 Å². The van der Waals surface area contributed by atoms with Crippen molar-refractivity contribution in [1.29, 1.82) is 0 Å². The summed E-state index contributed by atoms with van der Waals surface area (Å²) in [6.07, 6.45) is 8.56. The highest BCUT2D eigenvalue weighted by Crippen LogP contribution is 2.31. The minimum atomic E-state index is -0.868. The minimum absolute atomic E-state index is 0.106. The van der Waals surface area contributed by atoms with Crippen LogP contribution in [0, 0.1) is 0 Å². The first-order chi connectivity index (χ1) is 15.6. The third kappa shape index (κ3) is 5.05. The van der Waals surface area contributed by atoms with E-state index < -0.39 is 17.9 Å². The van der Waals surface area contributed by atoms with Crippen LogP contribution in [0.2, 0.25) is 0 Å². The molecule has 1 aliphatic carbocycles. The van der Waals surface area contributed by atoms with Gasteiger partial charge in [-0.2, -0.15) is 0 Å². The molecule has 1 fully saturated rings. The number of nitrogens with one attached hydrogen (secondary N) is 2. The molecule has 4 rings (SSSR count). The van der Waals surface area contributed by atoms with Crippen molar-refractivity contribution in [3.05, 3.63) is 71.1 Å². The van der Waals surface area contributed by atoms with Crippen LogP contribution in [0.5, 0.6) is 0 Å². The Morgan fingerprint density at radius 2 is 2.00 bits per heavy atom. The number of amides is 3. The lowest BCUT2D eigenvalue weighted by molar-refractivity contribution is -0.126. The molecule has 3 amide bonds. The van der Waals surface area contributed by atoms with E-state index in [4.69, 9.17) is 4.42 Å². The Morgan fingerprint density at radius 1 is 1.16 bits per heavy atom. The summed E-state index contributed by atoms with van der Waals surface area (Å²) in [7, 11) is 0. The fourth-order valence-corrected chi connectivity index (χ4v) is 4.65. The van der Waals surface area contributed by atoms with E-state index >= 15 is 0 Å². The zero-order chi connectivity index (χ0) is 22.3. The summed E-state index contributed by atoms with van der Waals surface area (Å²) in [5, 5.41) is 7.56. The van der Waals surface area contributed by atoms with E-state index in [0.717, 1.165) is 30.6 Å². The third-order valence-electron chi connectivity index (χ3n) is 5.36. The lowest BCUT2D eigenvalue weighted by Gasteiger charge is -2.31. The SMILES string of the molecule is O=C(NCC(=O)N(c1cccnc1)[C@H](C(=O)NC1CCCC1)c1cccs1)c1ccco1. The Morgan fingerprint density at radius 3 is 2.66 bits per heavy atom. The second-order valence-corrected chi connectivity index (χ2v) is 8.52. The van der Waals surface area contributed by atoms with E-state index in [1.54, 1.807) is 24.4 Å². The highest BCUT2D eigenvalue weighted by molar-refractivity contribution is 7.10. The van der Waals surface area contributed by atoms with Gasteiger partial charge < -0.3 is 15.1 Å². The number of anilines is 1. The zero-order valence-corrected chi connectivity index (χ0v) is 18.2. The van der Waals surface area contributed by atoms with Crippen LogP contribution in [0.4, 0.5) is 5.69 Å². The van der Waals surface area contributed by atoms with Crippen molar-refractivity contribution < 1.29 is 18.8 Å². The van der Waals surface area contributed by atoms with Gasteiger partial charge in [0.2, 0.25) is 11.8 Å². The van der Waals surface area contributed by atoms with Crippen LogP contribution in [0.25, 0.3) is 0 Å². The number of rotatable bonds is 8. The van der Waals surface area contributed by atoms with E-state index in [9.17, 15) is 14.4 Å². The predicted molar refractivity (Wildman–Crippen MR) is 120 cm³/mol. The fourth-order valence-electron chi connectivity index (χ4n) is 3.84. The molecule has 1 aliphatic rings. The molecule has 3 aromatic heterocycles. The van der Waals surface area contributed by atoms with Crippen molar-refractivity contribution in [2.75, 3.05) is 11.4 Å². The molecule has 0 aliphatic heterocycles. The number of aromatic nitrogens is 1. The third-order valence-corrected chi connectivity index (χ3v) is 6.28. The summed E-state index contributed by atoms with van der Waals surface area (Å²) in [4.78, 5) is 45.3. The molecule has 8 nitrogen and oxygen atoms in total. The molecule has 166 valence electrons.